The number of hydrogen-bond donors (Lipinski definition) is 1. The fourth-order valence-corrected chi connectivity index (χ4v) is 2.18. The number of aryl methyl sites for hydroxylation is 1. The number of hydrogen-bond acceptors (Lipinski definition) is 2. The number of nitrogens with two attached hydrogens (primary N) is 1. The van der Waals surface area contributed by atoms with Gasteiger partial charge < -0.3 is 10.5 Å². The van der Waals surface area contributed by atoms with E-state index in [1.165, 1.54) is 43.2 Å². The molecule has 0 spiro atoms. The third-order valence-electron chi connectivity index (χ3n) is 3.48. The smallest absolute Gasteiger partial charge is 0.122 e. The molecule has 1 atom stereocenters. The molecule has 1 aromatic rings. The summed E-state index contributed by atoms with van der Waals surface area (Å²) in [6.45, 7) is 7.16. The van der Waals surface area contributed by atoms with Crippen molar-refractivity contribution in [2.24, 2.45) is 5.73 Å². The zero-order valence-corrected chi connectivity index (χ0v) is 12.7. The molecule has 108 valence electrons. The van der Waals surface area contributed by atoms with Gasteiger partial charge in [-0.3, -0.25) is 0 Å². The predicted octanol–water partition coefficient (Wildman–Crippen LogP) is 4.75. The highest BCUT2D eigenvalue weighted by molar-refractivity contribution is 5.37. The van der Waals surface area contributed by atoms with Crippen molar-refractivity contribution >= 4 is 0 Å². The maximum absolute atomic E-state index is 5.87. The van der Waals surface area contributed by atoms with E-state index in [0.29, 0.717) is 0 Å². The van der Waals surface area contributed by atoms with Crippen LogP contribution in [0.3, 0.4) is 0 Å². The average molecular weight is 263 g/mol. The van der Waals surface area contributed by atoms with Gasteiger partial charge in [-0.15, -0.1) is 0 Å². The SMILES string of the molecule is CCCCCCCCOc1ccc([C@@H](C)N)cc1C. The van der Waals surface area contributed by atoms with E-state index in [1.807, 2.05) is 13.0 Å². The van der Waals surface area contributed by atoms with Gasteiger partial charge in [-0.2, -0.15) is 0 Å². The normalized spacial score (nSPS) is 12.4. The topological polar surface area (TPSA) is 35.2 Å². The number of ether oxygens (including phenoxy) is 1. The fourth-order valence-electron chi connectivity index (χ4n) is 2.18. The Balaban J connectivity index is 2.26. The second-order valence-electron chi connectivity index (χ2n) is 5.43. The minimum Gasteiger partial charge on any atom is -0.493 e. The van der Waals surface area contributed by atoms with Gasteiger partial charge in [0.1, 0.15) is 5.75 Å². The Bertz CT molecular complexity index is 360. The molecule has 0 amide bonds. The summed E-state index contributed by atoms with van der Waals surface area (Å²) in [6.07, 6.45) is 7.79. The molecule has 0 unspecified atom stereocenters. The van der Waals surface area contributed by atoms with Crippen LogP contribution in [-0.4, -0.2) is 6.61 Å². The molecule has 2 nitrogen and oxygen atoms in total. The van der Waals surface area contributed by atoms with E-state index in [2.05, 4.69) is 26.0 Å². The van der Waals surface area contributed by atoms with Crippen LogP contribution in [0.4, 0.5) is 0 Å². The van der Waals surface area contributed by atoms with Crippen LogP contribution in [0, 0.1) is 6.92 Å². The van der Waals surface area contributed by atoms with Crippen LogP contribution >= 0.6 is 0 Å². The molecule has 19 heavy (non-hydrogen) atoms. The summed E-state index contributed by atoms with van der Waals surface area (Å²) in [4.78, 5) is 0. The van der Waals surface area contributed by atoms with E-state index in [-0.39, 0.29) is 6.04 Å². The summed E-state index contributed by atoms with van der Waals surface area (Å²) >= 11 is 0. The third-order valence-corrected chi connectivity index (χ3v) is 3.48. The van der Waals surface area contributed by atoms with E-state index in [1.54, 1.807) is 0 Å². The van der Waals surface area contributed by atoms with Crippen molar-refractivity contribution < 1.29 is 4.74 Å². The summed E-state index contributed by atoms with van der Waals surface area (Å²) in [7, 11) is 0. The quantitative estimate of drug-likeness (QED) is 0.652. The highest BCUT2D eigenvalue weighted by Crippen LogP contribution is 2.22. The standard InChI is InChI=1S/C17H29NO/c1-4-5-6-7-8-9-12-19-17-11-10-16(15(3)18)13-14(17)2/h10-11,13,15H,4-9,12,18H2,1-3H3/t15-/m1/s1. The van der Waals surface area contributed by atoms with Crippen LogP contribution < -0.4 is 10.5 Å². The molecule has 0 aliphatic heterocycles. The van der Waals surface area contributed by atoms with Crippen LogP contribution in [-0.2, 0) is 0 Å². The zero-order chi connectivity index (χ0) is 14.1. The molecular formula is C17H29NO. The van der Waals surface area contributed by atoms with Crippen LogP contribution in [0.25, 0.3) is 0 Å². The second-order valence-corrected chi connectivity index (χ2v) is 5.43. The molecule has 0 fully saturated rings. The first-order valence-corrected chi connectivity index (χ1v) is 7.64. The Hall–Kier alpha value is -1.02. The second kappa shape index (κ2) is 8.98. The van der Waals surface area contributed by atoms with Crippen LogP contribution in [0.1, 0.15) is 69.5 Å². The van der Waals surface area contributed by atoms with Crippen molar-refractivity contribution in [1.82, 2.24) is 0 Å². The van der Waals surface area contributed by atoms with Gasteiger partial charge >= 0.3 is 0 Å². The lowest BCUT2D eigenvalue weighted by molar-refractivity contribution is 0.302. The van der Waals surface area contributed by atoms with Gasteiger partial charge in [0, 0.05) is 6.04 Å². The Labute approximate surface area is 118 Å². The maximum atomic E-state index is 5.87. The van der Waals surface area contributed by atoms with E-state index in [0.717, 1.165) is 18.8 Å². The molecule has 1 aromatic carbocycles. The van der Waals surface area contributed by atoms with E-state index in [4.69, 9.17) is 10.5 Å². The maximum Gasteiger partial charge on any atom is 0.122 e. The molecule has 0 aromatic heterocycles. The number of rotatable bonds is 9. The number of unbranched alkanes of at least 4 members (excludes halogenated alkanes) is 5. The molecule has 1 rings (SSSR count). The van der Waals surface area contributed by atoms with Crippen molar-refractivity contribution in [2.45, 2.75) is 65.3 Å². The molecule has 0 aliphatic carbocycles. The first-order valence-electron chi connectivity index (χ1n) is 7.64. The minimum absolute atomic E-state index is 0.0892. The first kappa shape index (κ1) is 16.0. The summed E-state index contributed by atoms with van der Waals surface area (Å²) in [5.74, 6) is 0.998. The molecule has 2 heteroatoms. The molecule has 0 saturated heterocycles. The van der Waals surface area contributed by atoms with Crippen molar-refractivity contribution in [3.05, 3.63) is 29.3 Å². The zero-order valence-electron chi connectivity index (χ0n) is 12.7. The molecule has 0 aliphatic rings. The van der Waals surface area contributed by atoms with Crippen LogP contribution in [0.5, 0.6) is 5.75 Å². The molecule has 0 heterocycles. The lowest BCUT2D eigenvalue weighted by Gasteiger charge is -2.12. The Morgan fingerprint density at radius 1 is 1.11 bits per heavy atom. The van der Waals surface area contributed by atoms with E-state index >= 15 is 0 Å². The third kappa shape index (κ3) is 6.11. The summed E-state index contributed by atoms with van der Waals surface area (Å²) in [6, 6.07) is 6.33. The first-order chi connectivity index (χ1) is 9.15. The van der Waals surface area contributed by atoms with E-state index in [9.17, 15) is 0 Å². The van der Waals surface area contributed by atoms with Crippen molar-refractivity contribution in [1.29, 1.82) is 0 Å². The van der Waals surface area contributed by atoms with Gasteiger partial charge in [0.2, 0.25) is 0 Å². The predicted molar refractivity (Wildman–Crippen MR) is 82.7 cm³/mol. The van der Waals surface area contributed by atoms with Crippen LogP contribution in [0.15, 0.2) is 18.2 Å². The highest BCUT2D eigenvalue weighted by Gasteiger charge is 2.04. The lowest BCUT2D eigenvalue weighted by atomic mass is 10.1. The molecule has 0 saturated carbocycles. The Morgan fingerprint density at radius 2 is 1.79 bits per heavy atom. The largest absolute Gasteiger partial charge is 0.493 e. The minimum atomic E-state index is 0.0892. The van der Waals surface area contributed by atoms with Gasteiger partial charge in [0.15, 0.2) is 0 Å². The van der Waals surface area contributed by atoms with Crippen molar-refractivity contribution in [2.75, 3.05) is 6.61 Å². The molecule has 2 N–H and O–H groups in total. The lowest BCUT2D eigenvalue weighted by Crippen LogP contribution is -2.06. The fraction of sp³-hybridized carbons (Fsp3) is 0.647. The summed E-state index contributed by atoms with van der Waals surface area (Å²) in [5, 5.41) is 0. The molecular weight excluding hydrogens is 234 g/mol. The number of benzene rings is 1. The summed E-state index contributed by atoms with van der Waals surface area (Å²) in [5.41, 5.74) is 8.22. The van der Waals surface area contributed by atoms with Gasteiger partial charge in [-0.1, -0.05) is 51.2 Å². The highest BCUT2D eigenvalue weighted by atomic mass is 16.5. The van der Waals surface area contributed by atoms with Crippen LogP contribution in [0.2, 0.25) is 0 Å². The Kier molecular flexibility index (Phi) is 7.57. The van der Waals surface area contributed by atoms with Gasteiger partial charge in [-0.25, -0.2) is 0 Å². The van der Waals surface area contributed by atoms with Crippen molar-refractivity contribution in [3.63, 3.8) is 0 Å². The average Bonchev–Trinajstić information content (AvgIpc) is 2.39. The Morgan fingerprint density at radius 3 is 2.42 bits per heavy atom. The summed E-state index contributed by atoms with van der Waals surface area (Å²) < 4.78 is 5.84. The van der Waals surface area contributed by atoms with Gasteiger partial charge in [-0.05, 0) is 37.5 Å². The molecule has 0 radical (unpaired) electrons. The van der Waals surface area contributed by atoms with Gasteiger partial charge in [0.05, 0.1) is 6.61 Å². The van der Waals surface area contributed by atoms with Gasteiger partial charge in [0.25, 0.3) is 0 Å². The van der Waals surface area contributed by atoms with E-state index < -0.39 is 0 Å². The van der Waals surface area contributed by atoms with Crippen molar-refractivity contribution in [3.8, 4) is 5.75 Å². The molecule has 0 bridgehead atoms. The monoisotopic (exact) mass is 263 g/mol.